The van der Waals surface area contributed by atoms with Crippen molar-refractivity contribution in [1.29, 1.82) is 0 Å². The molecule has 6 heteroatoms. The molecule has 0 unspecified atom stereocenters. The van der Waals surface area contributed by atoms with E-state index in [1.54, 1.807) is 18.2 Å². The van der Waals surface area contributed by atoms with Gasteiger partial charge in [-0.1, -0.05) is 66.5 Å². The Balaban J connectivity index is 1.94. The van der Waals surface area contributed by atoms with Gasteiger partial charge in [-0.2, -0.15) is 0 Å². The predicted octanol–water partition coefficient (Wildman–Crippen LogP) is 4.85. The van der Waals surface area contributed by atoms with Crippen LogP contribution in [0.15, 0.2) is 48.5 Å². The number of nitrogens with one attached hydrogen (secondary N) is 1. The van der Waals surface area contributed by atoms with Gasteiger partial charge in [0.1, 0.15) is 0 Å². The number of benzene rings is 2. The van der Waals surface area contributed by atoms with Crippen molar-refractivity contribution in [2.45, 2.75) is 32.3 Å². The van der Waals surface area contributed by atoms with E-state index >= 15 is 0 Å². The average Bonchev–Trinajstić information content (AvgIpc) is 2.62. The minimum absolute atomic E-state index is 0.0613. The summed E-state index contributed by atoms with van der Waals surface area (Å²) in [6, 6.07) is 14.7. The molecule has 0 aromatic heterocycles. The van der Waals surface area contributed by atoms with Crippen LogP contribution in [0.4, 0.5) is 0 Å². The molecule has 1 N–H and O–H groups in total. The Morgan fingerprint density at radius 3 is 2.23 bits per heavy atom. The fourth-order valence-corrected chi connectivity index (χ4v) is 3.11. The normalized spacial score (nSPS) is 12.9. The summed E-state index contributed by atoms with van der Waals surface area (Å²) in [5.41, 5.74) is 1.22. The number of carbonyl (C=O) groups is 2. The molecule has 0 aliphatic carbocycles. The van der Waals surface area contributed by atoms with E-state index in [9.17, 15) is 9.59 Å². The second-order valence-corrected chi connectivity index (χ2v) is 6.72. The van der Waals surface area contributed by atoms with Crippen molar-refractivity contribution >= 4 is 35.1 Å². The van der Waals surface area contributed by atoms with Gasteiger partial charge in [0.05, 0.1) is 15.6 Å². The van der Waals surface area contributed by atoms with Gasteiger partial charge in [0, 0.05) is 12.5 Å². The van der Waals surface area contributed by atoms with Gasteiger partial charge in [0.2, 0.25) is 0 Å². The fourth-order valence-electron chi connectivity index (χ4n) is 2.56. The summed E-state index contributed by atoms with van der Waals surface area (Å²) in [6.45, 7) is 4.04. The second kappa shape index (κ2) is 9.60. The summed E-state index contributed by atoms with van der Waals surface area (Å²) in [5.74, 6) is -0.893. The highest BCUT2D eigenvalue weighted by Crippen LogP contribution is 2.25. The highest BCUT2D eigenvalue weighted by molar-refractivity contribution is 6.39. The molecule has 0 fully saturated rings. The van der Waals surface area contributed by atoms with Crippen LogP contribution in [0.2, 0.25) is 10.0 Å². The molecule has 0 aliphatic heterocycles. The highest BCUT2D eigenvalue weighted by Gasteiger charge is 2.23. The van der Waals surface area contributed by atoms with E-state index in [4.69, 9.17) is 27.9 Å². The first-order chi connectivity index (χ1) is 12.4. The van der Waals surface area contributed by atoms with Gasteiger partial charge < -0.3 is 10.1 Å². The molecular formula is C20H21Cl2NO3. The average molecular weight is 394 g/mol. The smallest absolute Gasteiger partial charge is 0.341 e. The number of hydrogen-bond acceptors (Lipinski definition) is 3. The summed E-state index contributed by atoms with van der Waals surface area (Å²) < 4.78 is 5.21. The van der Waals surface area contributed by atoms with E-state index in [-0.39, 0.29) is 27.4 Å². The number of carbonyl (C=O) groups excluding carboxylic acids is 2. The van der Waals surface area contributed by atoms with E-state index in [1.807, 2.05) is 30.3 Å². The molecule has 2 rings (SSSR count). The highest BCUT2D eigenvalue weighted by atomic mass is 35.5. The molecule has 0 saturated carbocycles. The van der Waals surface area contributed by atoms with Crippen LogP contribution in [0.5, 0.6) is 0 Å². The Bertz CT molecular complexity index is 745. The molecule has 138 valence electrons. The number of rotatable bonds is 7. The van der Waals surface area contributed by atoms with Crippen molar-refractivity contribution in [3.8, 4) is 0 Å². The molecule has 2 atom stereocenters. The van der Waals surface area contributed by atoms with Crippen LogP contribution in [0.1, 0.15) is 42.1 Å². The zero-order chi connectivity index (χ0) is 19.1. The summed E-state index contributed by atoms with van der Waals surface area (Å²) in [7, 11) is 0. The number of ether oxygens (including phenoxy) is 1. The molecule has 0 spiro atoms. The van der Waals surface area contributed by atoms with Gasteiger partial charge in [0.25, 0.3) is 5.91 Å². The van der Waals surface area contributed by atoms with Crippen LogP contribution in [0.25, 0.3) is 0 Å². The summed E-state index contributed by atoms with van der Waals surface area (Å²) in [6.07, 6.45) is -0.0728. The van der Waals surface area contributed by atoms with E-state index in [0.29, 0.717) is 6.54 Å². The minimum Gasteiger partial charge on any atom is -0.449 e. The first kappa shape index (κ1) is 20.3. The van der Waals surface area contributed by atoms with Gasteiger partial charge in [0.15, 0.2) is 6.10 Å². The molecule has 26 heavy (non-hydrogen) atoms. The number of amides is 1. The van der Waals surface area contributed by atoms with E-state index in [1.165, 1.54) is 6.92 Å². The number of halogens is 2. The Morgan fingerprint density at radius 2 is 1.65 bits per heavy atom. The van der Waals surface area contributed by atoms with Crippen molar-refractivity contribution in [1.82, 2.24) is 5.32 Å². The lowest BCUT2D eigenvalue weighted by Crippen LogP contribution is -2.38. The van der Waals surface area contributed by atoms with Crippen molar-refractivity contribution in [3.05, 3.63) is 69.7 Å². The van der Waals surface area contributed by atoms with Crippen LogP contribution >= 0.6 is 23.2 Å². The summed E-state index contributed by atoms with van der Waals surface area (Å²) >= 11 is 12.0. The molecule has 0 saturated heterocycles. The molecule has 2 aromatic carbocycles. The third kappa shape index (κ3) is 5.23. The predicted molar refractivity (Wildman–Crippen MR) is 104 cm³/mol. The Labute approximate surface area is 163 Å². The molecule has 0 radical (unpaired) electrons. The van der Waals surface area contributed by atoms with Crippen LogP contribution in [-0.2, 0) is 9.53 Å². The summed E-state index contributed by atoms with van der Waals surface area (Å²) in [5, 5.41) is 3.21. The van der Waals surface area contributed by atoms with E-state index in [2.05, 4.69) is 12.2 Å². The van der Waals surface area contributed by atoms with Crippen LogP contribution in [0, 0.1) is 0 Å². The van der Waals surface area contributed by atoms with Crippen LogP contribution < -0.4 is 5.32 Å². The molecule has 2 aromatic rings. The number of esters is 1. The largest absolute Gasteiger partial charge is 0.449 e. The Hall–Kier alpha value is -2.04. The van der Waals surface area contributed by atoms with Gasteiger partial charge in [-0.05, 0) is 31.0 Å². The van der Waals surface area contributed by atoms with Crippen molar-refractivity contribution in [2.24, 2.45) is 0 Å². The maximum absolute atomic E-state index is 12.3. The number of hydrogen-bond donors (Lipinski definition) is 1. The lowest BCUT2D eigenvalue weighted by Gasteiger charge is -2.19. The Kier molecular flexibility index (Phi) is 7.49. The minimum atomic E-state index is -0.955. The van der Waals surface area contributed by atoms with Crippen molar-refractivity contribution in [2.75, 3.05) is 6.54 Å². The lowest BCUT2D eigenvalue weighted by atomic mass is 9.96. The quantitative estimate of drug-likeness (QED) is 0.684. The maximum atomic E-state index is 12.3. The van der Waals surface area contributed by atoms with Gasteiger partial charge in [-0.3, -0.25) is 4.79 Å². The zero-order valence-corrected chi connectivity index (χ0v) is 16.2. The molecule has 1 amide bonds. The monoisotopic (exact) mass is 393 g/mol. The standard InChI is InChI=1S/C20H21Cl2NO3/c1-3-14(15-8-5-4-6-9-15)12-23-19(24)13(2)26-20(25)18-16(21)10-7-11-17(18)22/h4-11,13-14H,3,12H2,1-2H3,(H,23,24)/t13-,14-/m1/s1. The van der Waals surface area contributed by atoms with Gasteiger partial charge >= 0.3 is 5.97 Å². The fraction of sp³-hybridized carbons (Fsp3) is 0.300. The van der Waals surface area contributed by atoms with Gasteiger partial charge in [-0.25, -0.2) is 4.79 Å². The maximum Gasteiger partial charge on any atom is 0.341 e. The van der Waals surface area contributed by atoms with Gasteiger partial charge in [-0.15, -0.1) is 0 Å². The molecular weight excluding hydrogens is 373 g/mol. The molecule has 0 heterocycles. The zero-order valence-electron chi connectivity index (χ0n) is 14.7. The second-order valence-electron chi connectivity index (χ2n) is 5.91. The topological polar surface area (TPSA) is 55.4 Å². The summed E-state index contributed by atoms with van der Waals surface area (Å²) in [4.78, 5) is 24.5. The van der Waals surface area contributed by atoms with Crippen LogP contribution in [0.3, 0.4) is 0 Å². The SMILES string of the molecule is CC[C@H](CNC(=O)[C@@H](C)OC(=O)c1c(Cl)cccc1Cl)c1ccccc1. The third-order valence-corrected chi connectivity index (χ3v) is 4.74. The van der Waals surface area contributed by atoms with Crippen LogP contribution in [-0.4, -0.2) is 24.5 Å². The lowest BCUT2D eigenvalue weighted by molar-refractivity contribution is -0.129. The van der Waals surface area contributed by atoms with Crippen molar-refractivity contribution < 1.29 is 14.3 Å². The Morgan fingerprint density at radius 1 is 1.04 bits per heavy atom. The van der Waals surface area contributed by atoms with E-state index in [0.717, 1.165) is 12.0 Å². The molecule has 0 aliphatic rings. The van der Waals surface area contributed by atoms with Crippen molar-refractivity contribution in [3.63, 3.8) is 0 Å². The van der Waals surface area contributed by atoms with E-state index < -0.39 is 12.1 Å². The molecule has 0 bridgehead atoms. The molecule has 4 nitrogen and oxygen atoms in total. The third-order valence-electron chi connectivity index (χ3n) is 4.11. The first-order valence-electron chi connectivity index (χ1n) is 8.41. The first-order valence-corrected chi connectivity index (χ1v) is 9.17.